The predicted molar refractivity (Wildman–Crippen MR) is 54.2 cm³/mol. The summed E-state index contributed by atoms with van der Waals surface area (Å²) in [6, 6.07) is 0. The Kier molecular flexibility index (Phi) is 4.12. The maximum atomic E-state index is 11.8. The van der Waals surface area contributed by atoms with Gasteiger partial charge in [-0.25, -0.2) is 0 Å². The highest BCUT2D eigenvalue weighted by molar-refractivity contribution is 6.00. The van der Waals surface area contributed by atoms with Gasteiger partial charge in [-0.05, 0) is 19.8 Å². The van der Waals surface area contributed by atoms with Crippen LogP contribution in [0.15, 0.2) is 0 Å². The highest BCUT2D eigenvalue weighted by Crippen LogP contribution is 2.38. The van der Waals surface area contributed by atoms with E-state index in [4.69, 9.17) is 9.47 Å². The van der Waals surface area contributed by atoms with Gasteiger partial charge in [-0.2, -0.15) is 0 Å². The second-order valence-corrected chi connectivity index (χ2v) is 3.85. The molecule has 0 aromatic carbocycles. The number of ether oxygens (including phenoxy) is 2. The minimum Gasteiger partial charge on any atom is -0.468 e. The molecule has 0 saturated heterocycles. The summed E-state index contributed by atoms with van der Waals surface area (Å²) in [6.07, 6.45) is 3.94. The standard InChI is InChI=1S/C11H18O4/c1-3-15-10(13)11(9(12)14-2)7-5-4-6-8-11/h3-8H2,1-2H3. The van der Waals surface area contributed by atoms with Crippen LogP contribution in [-0.4, -0.2) is 25.7 Å². The minimum atomic E-state index is -1.02. The molecule has 0 atom stereocenters. The van der Waals surface area contributed by atoms with Crippen LogP contribution in [0, 0.1) is 5.41 Å². The molecular weight excluding hydrogens is 196 g/mol. The molecule has 0 aromatic heterocycles. The Morgan fingerprint density at radius 3 is 2.20 bits per heavy atom. The molecule has 0 bridgehead atoms. The number of methoxy groups -OCH3 is 1. The largest absolute Gasteiger partial charge is 0.468 e. The van der Waals surface area contributed by atoms with Crippen LogP contribution in [0.25, 0.3) is 0 Å². The molecule has 15 heavy (non-hydrogen) atoms. The summed E-state index contributed by atoms with van der Waals surface area (Å²) in [5.41, 5.74) is -1.02. The Bertz CT molecular complexity index is 241. The van der Waals surface area contributed by atoms with Gasteiger partial charge in [0, 0.05) is 0 Å². The van der Waals surface area contributed by atoms with Crippen LogP contribution in [0.1, 0.15) is 39.0 Å². The number of hydrogen-bond donors (Lipinski definition) is 0. The maximum Gasteiger partial charge on any atom is 0.323 e. The summed E-state index contributed by atoms with van der Waals surface area (Å²) in [4.78, 5) is 23.5. The summed E-state index contributed by atoms with van der Waals surface area (Å²) in [5.74, 6) is -0.864. The van der Waals surface area contributed by atoms with E-state index in [1.165, 1.54) is 7.11 Å². The lowest BCUT2D eigenvalue weighted by Crippen LogP contribution is -2.43. The van der Waals surface area contributed by atoms with Crippen molar-refractivity contribution in [2.24, 2.45) is 5.41 Å². The molecule has 1 fully saturated rings. The van der Waals surface area contributed by atoms with E-state index in [1.54, 1.807) is 6.92 Å². The summed E-state index contributed by atoms with van der Waals surface area (Å²) in [5, 5.41) is 0. The van der Waals surface area contributed by atoms with Gasteiger partial charge in [0.2, 0.25) is 0 Å². The van der Waals surface area contributed by atoms with Gasteiger partial charge in [0.1, 0.15) is 0 Å². The summed E-state index contributed by atoms with van der Waals surface area (Å²) in [7, 11) is 1.32. The first kappa shape index (κ1) is 12.0. The van der Waals surface area contributed by atoms with Crippen LogP contribution in [0.5, 0.6) is 0 Å². The summed E-state index contributed by atoms with van der Waals surface area (Å²) in [6.45, 7) is 2.04. The molecule has 4 nitrogen and oxygen atoms in total. The van der Waals surface area contributed by atoms with Crippen molar-refractivity contribution in [3.63, 3.8) is 0 Å². The Labute approximate surface area is 89.9 Å². The van der Waals surface area contributed by atoms with Crippen molar-refractivity contribution in [2.75, 3.05) is 13.7 Å². The normalized spacial score (nSPS) is 19.3. The van der Waals surface area contributed by atoms with Crippen LogP contribution in [0.2, 0.25) is 0 Å². The first-order chi connectivity index (χ1) is 7.17. The second-order valence-electron chi connectivity index (χ2n) is 3.85. The minimum absolute atomic E-state index is 0.303. The van der Waals surface area contributed by atoms with Gasteiger partial charge >= 0.3 is 11.9 Å². The van der Waals surface area contributed by atoms with Gasteiger partial charge in [0.05, 0.1) is 13.7 Å². The molecule has 1 saturated carbocycles. The number of carbonyl (C=O) groups excluding carboxylic acids is 2. The quantitative estimate of drug-likeness (QED) is 0.529. The first-order valence-electron chi connectivity index (χ1n) is 5.43. The van der Waals surface area contributed by atoms with E-state index in [9.17, 15) is 9.59 Å². The number of hydrogen-bond acceptors (Lipinski definition) is 4. The molecule has 1 aliphatic carbocycles. The fraction of sp³-hybridized carbons (Fsp3) is 0.818. The van der Waals surface area contributed by atoms with Crippen LogP contribution >= 0.6 is 0 Å². The molecule has 0 aromatic rings. The highest BCUT2D eigenvalue weighted by Gasteiger charge is 2.48. The zero-order valence-corrected chi connectivity index (χ0v) is 9.38. The van der Waals surface area contributed by atoms with Crippen molar-refractivity contribution < 1.29 is 19.1 Å². The monoisotopic (exact) mass is 214 g/mol. The SMILES string of the molecule is CCOC(=O)C1(C(=O)OC)CCCCC1. The van der Waals surface area contributed by atoms with Crippen molar-refractivity contribution in [2.45, 2.75) is 39.0 Å². The molecule has 0 unspecified atom stereocenters. The van der Waals surface area contributed by atoms with Crippen LogP contribution < -0.4 is 0 Å². The van der Waals surface area contributed by atoms with E-state index >= 15 is 0 Å². The Hall–Kier alpha value is -1.06. The molecule has 1 rings (SSSR count). The number of carbonyl (C=O) groups is 2. The molecule has 0 N–H and O–H groups in total. The Balaban J connectivity index is 2.84. The fourth-order valence-electron chi connectivity index (χ4n) is 2.11. The zero-order valence-electron chi connectivity index (χ0n) is 9.38. The van der Waals surface area contributed by atoms with Crippen molar-refractivity contribution in [3.05, 3.63) is 0 Å². The van der Waals surface area contributed by atoms with Crippen LogP contribution in [0.3, 0.4) is 0 Å². The van der Waals surface area contributed by atoms with Crippen LogP contribution in [0.4, 0.5) is 0 Å². The molecule has 0 aliphatic heterocycles. The lowest BCUT2D eigenvalue weighted by molar-refractivity contribution is -0.173. The van der Waals surface area contributed by atoms with E-state index in [-0.39, 0.29) is 0 Å². The van der Waals surface area contributed by atoms with Gasteiger partial charge in [-0.3, -0.25) is 9.59 Å². The molecular formula is C11H18O4. The molecule has 0 amide bonds. The van der Waals surface area contributed by atoms with Gasteiger partial charge < -0.3 is 9.47 Å². The van der Waals surface area contributed by atoms with Gasteiger partial charge in [-0.1, -0.05) is 19.3 Å². The zero-order chi connectivity index (χ0) is 11.3. The number of esters is 2. The highest BCUT2D eigenvalue weighted by atomic mass is 16.6. The lowest BCUT2D eigenvalue weighted by Gasteiger charge is -2.31. The van der Waals surface area contributed by atoms with Gasteiger partial charge in [0.25, 0.3) is 0 Å². The van der Waals surface area contributed by atoms with E-state index in [1.807, 2.05) is 0 Å². The second kappa shape index (κ2) is 5.14. The van der Waals surface area contributed by atoms with Crippen molar-refractivity contribution in [3.8, 4) is 0 Å². The maximum absolute atomic E-state index is 11.8. The average molecular weight is 214 g/mol. The lowest BCUT2D eigenvalue weighted by atomic mass is 9.74. The molecule has 0 radical (unpaired) electrons. The third kappa shape index (κ3) is 2.30. The third-order valence-electron chi connectivity index (χ3n) is 2.95. The van der Waals surface area contributed by atoms with Crippen molar-refractivity contribution >= 4 is 11.9 Å². The number of rotatable bonds is 3. The van der Waals surface area contributed by atoms with E-state index in [0.29, 0.717) is 19.4 Å². The molecule has 4 heteroatoms. The van der Waals surface area contributed by atoms with Crippen molar-refractivity contribution in [1.29, 1.82) is 0 Å². The van der Waals surface area contributed by atoms with E-state index < -0.39 is 17.4 Å². The van der Waals surface area contributed by atoms with Crippen molar-refractivity contribution in [1.82, 2.24) is 0 Å². The Morgan fingerprint density at radius 1 is 1.13 bits per heavy atom. The Morgan fingerprint density at radius 2 is 1.73 bits per heavy atom. The summed E-state index contributed by atoms with van der Waals surface area (Å²) < 4.78 is 9.69. The van der Waals surface area contributed by atoms with E-state index in [0.717, 1.165) is 19.3 Å². The average Bonchev–Trinajstić information content (AvgIpc) is 2.29. The van der Waals surface area contributed by atoms with Crippen LogP contribution in [-0.2, 0) is 19.1 Å². The fourth-order valence-corrected chi connectivity index (χ4v) is 2.11. The van der Waals surface area contributed by atoms with Gasteiger partial charge in [-0.15, -0.1) is 0 Å². The first-order valence-corrected chi connectivity index (χ1v) is 5.43. The third-order valence-corrected chi connectivity index (χ3v) is 2.95. The molecule has 0 heterocycles. The molecule has 0 spiro atoms. The van der Waals surface area contributed by atoms with E-state index in [2.05, 4.69) is 0 Å². The summed E-state index contributed by atoms with van der Waals surface area (Å²) >= 11 is 0. The topological polar surface area (TPSA) is 52.6 Å². The predicted octanol–water partition coefficient (Wildman–Crippen LogP) is 1.67. The molecule has 86 valence electrons. The molecule has 1 aliphatic rings. The van der Waals surface area contributed by atoms with Gasteiger partial charge in [0.15, 0.2) is 5.41 Å². The smallest absolute Gasteiger partial charge is 0.323 e.